The van der Waals surface area contributed by atoms with E-state index in [2.05, 4.69) is 104 Å². The van der Waals surface area contributed by atoms with Gasteiger partial charge in [0.05, 0.1) is 33.6 Å². The van der Waals surface area contributed by atoms with Gasteiger partial charge in [-0.1, -0.05) is 12.8 Å². The summed E-state index contributed by atoms with van der Waals surface area (Å²) in [5.41, 5.74) is 5.70. The Kier molecular flexibility index (Phi) is 19.8. The Morgan fingerprint density at radius 2 is 0.812 bits per heavy atom. The van der Waals surface area contributed by atoms with Crippen LogP contribution in [0.2, 0.25) is 5.82 Å². The van der Waals surface area contributed by atoms with Crippen LogP contribution < -0.4 is 56.8 Å². The fourth-order valence-corrected chi connectivity index (χ4v) is 8.04. The first-order valence-corrected chi connectivity index (χ1v) is 24.6. The molecule has 11 nitrogen and oxygen atoms in total. The molecule has 346 valence electrons. The Labute approximate surface area is 454 Å². The summed E-state index contributed by atoms with van der Waals surface area (Å²) < 4.78 is 39.3. The zero-order valence-electron chi connectivity index (χ0n) is 42.1. The van der Waals surface area contributed by atoms with Gasteiger partial charge in [0, 0.05) is 56.1 Å². The Morgan fingerprint density at radius 3 is 1.12 bits per heavy atom. The van der Waals surface area contributed by atoms with Gasteiger partial charge in [0.1, 0.15) is 0 Å². The molecule has 3 saturated heterocycles. The van der Waals surface area contributed by atoms with Crippen LogP contribution in [-0.4, -0.2) is 86.9 Å². The van der Waals surface area contributed by atoms with Crippen molar-refractivity contribution in [2.75, 3.05) is 0 Å². The Balaban J connectivity index is 0.000000225. The van der Waals surface area contributed by atoms with Gasteiger partial charge in [-0.15, -0.1) is 0 Å². The number of halogens is 3. The summed E-state index contributed by atoms with van der Waals surface area (Å²) in [6.07, 6.45) is 18.6. The first-order chi connectivity index (χ1) is 29.0. The first kappa shape index (κ1) is 57.0. The fraction of sp³-hybridized carbons (Fsp3) is 0.667. The van der Waals surface area contributed by atoms with E-state index in [-0.39, 0.29) is 99.4 Å². The van der Waals surface area contributed by atoms with E-state index in [1.165, 1.54) is 53.5 Å². The number of rotatable bonds is 5. The van der Waals surface area contributed by atoms with Gasteiger partial charge in [0.15, 0.2) is 0 Å². The van der Waals surface area contributed by atoms with Crippen LogP contribution in [0.25, 0.3) is 0 Å². The molecule has 0 amide bonds. The summed E-state index contributed by atoms with van der Waals surface area (Å²) in [4.78, 5) is 12.5. The Hall–Kier alpha value is 0.466. The molecule has 0 spiro atoms. The molecular weight excluding hydrogens is 1030 g/mol. The van der Waals surface area contributed by atoms with Crippen molar-refractivity contribution in [3.63, 3.8) is 0 Å². The van der Waals surface area contributed by atoms with Gasteiger partial charge in [0.25, 0.3) is 0 Å². The summed E-state index contributed by atoms with van der Waals surface area (Å²) in [6.45, 7) is 30.9. The van der Waals surface area contributed by atoms with Crippen LogP contribution in [0.15, 0.2) is 50.6 Å². The largest absolute Gasteiger partial charge is 1.00 e. The van der Waals surface area contributed by atoms with Crippen LogP contribution in [-0.2, 0) is 27.9 Å². The standard InChI is InChI=1S/C15H22BNO2.C12H24B2O4.C9H10BrN.C6H5Br2N.C3H7BO2.K.H/c1-10-12(11-6-7-11)8-17-9-13(10)16-18-14(2,3)15(4,5)19-16;1-9(2)10(3,4)16-13(15-9)14-17-11(5,6)12(7,8)18-14;1-6-8(7-2-3-7)4-11-5-9(6)10;1-4-5(7)2-9-3-6(4)8;5-4(6)3-1-2-3;;/h8-9,11H,6-7H2,1-5H3;1-8H3;4-5,7H,2-3H2,1H3;2-3H,1H3;3,5-6H,1-2H2;;/q;;;;;+1;-1. The van der Waals surface area contributed by atoms with E-state index in [9.17, 15) is 0 Å². The average molecular weight is 1100 g/mol. The molecule has 2 N–H and O–H groups in total. The molecule has 19 heteroatoms. The zero-order chi connectivity index (χ0) is 47.1. The second-order valence-electron chi connectivity index (χ2n) is 20.6. The van der Waals surface area contributed by atoms with Gasteiger partial charge in [-0.2, -0.15) is 0 Å². The second-order valence-corrected chi connectivity index (χ2v) is 23.2. The van der Waals surface area contributed by atoms with E-state index in [4.69, 9.17) is 38.0 Å². The molecule has 6 fully saturated rings. The third-order valence-electron chi connectivity index (χ3n) is 13.9. The number of nitrogens with zero attached hydrogens (tertiary/aromatic N) is 3. The molecule has 64 heavy (non-hydrogen) atoms. The van der Waals surface area contributed by atoms with Crippen molar-refractivity contribution in [2.45, 2.75) is 194 Å². The molecular formula is C45H69B4Br3KN3O8. The van der Waals surface area contributed by atoms with E-state index >= 15 is 0 Å². The maximum atomic E-state index is 8.25. The predicted molar refractivity (Wildman–Crippen MR) is 266 cm³/mol. The van der Waals surface area contributed by atoms with Gasteiger partial charge in [-0.05, 0) is 223 Å². The molecule has 0 atom stereocenters. The van der Waals surface area contributed by atoms with Crippen molar-refractivity contribution in [2.24, 2.45) is 0 Å². The predicted octanol–water partition coefficient (Wildman–Crippen LogP) is 7.50. The first-order valence-electron chi connectivity index (χ1n) is 22.2. The molecule has 3 saturated carbocycles. The van der Waals surface area contributed by atoms with Gasteiger partial charge in [-0.25, -0.2) is 0 Å². The van der Waals surface area contributed by atoms with Gasteiger partial charge >= 0.3 is 79.6 Å². The van der Waals surface area contributed by atoms with Crippen molar-refractivity contribution in [1.82, 2.24) is 15.0 Å². The molecule has 3 aromatic rings. The van der Waals surface area contributed by atoms with Crippen molar-refractivity contribution < 1.29 is 90.8 Å². The van der Waals surface area contributed by atoms with Crippen molar-refractivity contribution >= 4 is 81.5 Å². The molecule has 0 aromatic carbocycles. The molecule has 0 unspecified atom stereocenters. The molecule has 3 aliphatic heterocycles. The Morgan fingerprint density at radius 1 is 0.500 bits per heavy atom. The van der Waals surface area contributed by atoms with Gasteiger partial charge < -0.3 is 39.4 Å². The van der Waals surface area contributed by atoms with Crippen LogP contribution in [0.3, 0.4) is 0 Å². The second kappa shape index (κ2) is 22.3. The van der Waals surface area contributed by atoms with E-state index in [0.29, 0.717) is 5.92 Å². The summed E-state index contributed by atoms with van der Waals surface area (Å²) in [5, 5.41) is 16.5. The minimum atomic E-state index is -1.04. The number of hydrogen-bond donors (Lipinski definition) is 2. The maximum absolute atomic E-state index is 8.25. The Bertz CT molecular complexity index is 1960. The number of pyridine rings is 3. The van der Waals surface area contributed by atoms with E-state index in [0.717, 1.165) is 37.6 Å². The minimum absolute atomic E-state index is 0. The molecule has 0 bridgehead atoms. The smallest absolute Gasteiger partial charge is 1.00 e. The topological polar surface area (TPSA) is 135 Å². The zero-order valence-corrected chi connectivity index (χ0v) is 48.9. The number of aromatic nitrogens is 3. The summed E-state index contributed by atoms with van der Waals surface area (Å²) in [6, 6.07) is 0. The molecule has 0 radical (unpaired) electrons. The van der Waals surface area contributed by atoms with Crippen LogP contribution >= 0.6 is 47.8 Å². The van der Waals surface area contributed by atoms with E-state index < -0.39 is 21.1 Å². The monoisotopic (exact) mass is 1100 g/mol. The third kappa shape index (κ3) is 14.3. The minimum Gasteiger partial charge on any atom is -1.00 e. The van der Waals surface area contributed by atoms with Crippen molar-refractivity contribution in [3.05, 3.63) is 78.4 Å². The van der Waals surface area contributed by atoms with Crippen molar-refractivity contribution in [1.29, 1.82) is 0 Å². The summed E-state index contributed by atoms with van der Waals surface area (Å²) in [7, 11) is -2.28. The average Bonchev–Trinajstić information content (AvgIpc) is 4.03. The van der Waals surface area contributed by atoms with Crippen molar-refractivity contribution in [3.8, 4) is 0 Å². The molecule has 3 aliphatic carbocycles. The normalized spacial score (nSPS) is 22.6. The molecule has 9 rings (SSSR count). The third-order valence-corrected chi connectivity index (χ3v) is 16.3. The fourth-order valence-electron chi connectivity index (χ4n) is 6.76. The molecule has 6 heterocycles. The van der Waals surface area contributed by atoms with E-state index in [1.54, 1.807) is 12.4 Å². The quantitative estimate of drug-likeness (QED) is 0.246. The molecule has 6 aliphatic rings. The van der Waals surface area contributed by atoms with Crippen LogP contribution in [0, 0.1) is 20.8 Å². The van der Waals surface area contributed by atoms with Crippen LogP contribution in [0.4, 0.5) is 0 Å². The van der Waals surface area contributed by atoms with Crippen LogP contribution in [0.5, 0.6) is 0 Å². The van der Waals surface area contributed by atoms with Gasteiger partial charge in [0.2, 0.25) is 0 Å². The molecule has 3 aromatic heterocycles. The van der Waals surface area contributed by atoms with Gasteiger partial charge in [-0.3, -0.25) is 15.0 Å². The number of hydrogen-bond acceptors (Lipinski definition) is 11. The summed E-state index contributed by atoms with van der Waals surface area (Å²) in [5.74, 6) is 1.72. The summed E-state index contributed by atoms with van der Waals surface area (Å²) >= 11 is 10.2. The van der Waals surface area contributed by atoms with Crippen LogP contribution in [0.1, 0.15) is 163 Å². The van der Waals surface area contributed by atoms with E-state index in [1.807, 2.05) is 87.1 Å². The maximum Gasteiger partial charge on any atom is 1.00 e. The SMILES string of the molecule is CC1(C)OB(B2OC(C)(C)C(C)(C)O2)OC1(C)C.Cc1c(B2OC(C)(C)C(C)(C)O2)cncc1C1CC1.Cc1c(Br)cncc1Br.Cc1c(Br)cncc1C1CC1.OB(O)C1CC1.[H-].[K+].